The van der Waals surface area contributed by atoms with E-state index in [1.54, 1.807) is 93.5 Å². The molecule has 91 heavy (non-hydrogen) atoms. The summed E-state index contributed by atoms with van der Waals surface area (Å²) in [5.41, 5.74) is 1.58. The monoisotopic (exact) mass is 1280 g/mol. The van der Waals surface area contributed by atoms with E-state index < -0.39 is 101 Å². The topological polar surface area (TPSA) is 345 Å². The van der Waals surface area contributed by atoms with Crippen molar-refractivity contribution in [2.45, 2.75) is 210 Å². The zero-order chi connectivity index (χ0) is 68.1. The van der Waals surface area contributed by atoms with Crippen molar-refractivity contribution in [2.24, 2.45) is 17.3 Å². The average Bonchev–Trinajstić information content (AvgIpc) is 1.82. The average molecular weight is 1290 g/mol. The summed E-state index contributed by atoms with van der Waals surface area (Å²) in [6, 6.07) is 9.32. The molecule has 4 amide bonds. The molecule has 0 bridgehead atoms. The molecule has 0 aliphatic heterocycles. The normalized spacial score (nSPS) is 11.2. The van der Waals surface area contributed by atoms with Crippen LogP contribution >= 0.6 is 0 Å². The molecule has 26 heteroatoms. The molecule has 0 spiro atoms. The second-order valence-electron chi connectivity index (χ2n) is 23.5. The van der Waals surface area contributed by atoms with Crippen molar-refractivity contribution in [3.63, 3.8) is 0 Å². The molecule has 0 saturated carbocycles. The van der Waals surface area contributed by atoms with Crippen LogP contribution in [0.3, 0.4) is 0 Å². The smallest absolute Gasteiger partial charge is 0.411 e. The van der Waals surface area contributed by atoms with Gasteiger partial charge in [-0.2, -0.15) is 0 Å². The highest BCUT2D eigenvalue weighted by molar-refractivity contribution is 6.19. The molecule has 0 radical (unpaired) electrons. The van der Waals surface area contributed by atoms with Gasteiger partial charge in [-0.05, 0) is 182 Å². The van der Waals surface area contributed by atoms with Gasteiger partial charge in [-0.25, -0.2) is 9.59 Å². The third-order valence-corrected chi connectivity index (χ3v) is 12.7. The van der Waals surface area contributed by atoms with Gasteiger partial charge in [-0.15, -0.1) is 0 Å². The third-order valence-electron chi connectivity index (χ3n) is 12.7. The van der Waals surface area contributed by atoms with Crippen LogP contribution in [0.25, 0.3) is 0 Å². The van der Waals surface area contributed by atoms with Gasteiger partial charge in [0.25, 0.3) is 0 Å². The van der Waals surface area contributed by atoms with Gasteiger partial charge in [0.05, 0.1) is 64.1 Å². The lowest BCUT2D eigenvalue weighted by molar-refractivity contribution is -0.170. The molecule has 0 aliphatic carbocycles. The van der Waals surface area contributed by atoms with Crippen molar-refractivity contribution in [1.29, 1.82) is 0 Å². The number of rotatable bonds is 42. The van der Waals surface area contributed by atoms with E-state index in [1.165, 1.54) is 12.1 Å². The van der Waals surface area contributed by atoms with Crippen molar-refractivity contribution < 1.29 is 105 Å². The molecule has 0 atom stereocenters. The number of amides is 4. The Balaban J connectivity index is 1.50. The standard InChI is InChI=1S/C65H96N4O22/c1-41(2)88-59(76)55(60(77)89-42(3)4)57(74)68-49-37-47(31-29-45(49)9)66-63(80)84-35-23-15-17-25-51(70)82-33-21-13-19-27-53(72)86-39-65(11,12)40-87-54(73)28-20-14-22-34-83-52(71)26-18-16-24-36-85-64(81)67-48-32-30-46(10)50(38-48)69-58(75)56(61(78)90-43(5)6)62(79)91-44(7)8/h29-32,37-38,41-44,55-56H,13-28,33-36,39-40H2,1-12H3,(H,66,80)(H,67,81)(H,68,74)(H,69,75). The van der Waals surface area contributed by atoms with E-state index >= 15 is 0 Å². The molecule has 0 unspecified atom stereocenters. The number of unbranched alkanes of at least 4 members (excludes halogenated alkanes) is 8. The summed E-state index contributed by atoms with van der Waals surface area (Å²) in [5.74, 6) is -11.3. The Morgan fingerprint density at radius 2 is 0.637 bits per heavy atom. The Bertz CT molecular complexity index is 2500. The van der Waals surface area contributed by atoms with Gasteiger partial charge < -0.3 is 58.0 Å². The summed E-state index contributed by atoms with van der Waals surface area (Å²) in [7, 11) is 0. The first-order valence-corrected chi connectivity index (χ1v) is 31.1. The maximum atomic E-state index is 13.1. The summed E-state index contributed by atoms with van der Waals surface area (Å²) >= 11 is 0. The first kappa shape index (κ1) is 78.8. The molecule has 0 aliphatic rings. The fourth-order valence-corrected chi connectivity index (χ4v) is 7.99. The summed E-state index contributed by atoms with van der Waals surface area (Å²) in [5, 5.41) is 10.3. The van der Waals surface area contributed by atoms with Crippen LogP contribution in [0.5, 0.6) is 0 Å². The highest BCUT2D eigenvalue weighted by Gasteiger charge is 2.40. The predicted octanol–water partition coefficient (Wildman–Crippen LogP) is 10.5. The number of anilines is 4. The largest absolute Gasteiger partial charge is 0.466 e. The quantitative estimate of drug-likeness (QED) is 0.0208. The Labute approximate surface area is 533 Å². The van der Waals surface area contributed by atoms with Gasteiger partial charge in [0.1, 0.15) is 0 Å². The number of hydrogen-bond acceptors (Lipinski definition) is 22. The van der Waals surface area contributed by atoms with Crippen LogP contribution in [0.2, 0.25) is 0 Å². The molecule has 0 saturated heterocycles. The molecular formula is C65H96N4O22. The Hall–Kier alpha value is -8.32. The number of ether oxygens (including phenoxy) is 10. The summed E-state index contributed by atoms with van der Waals surface area (Å²) in [4.78, 5) is 151. The molecule has 2 rings (SSSR count). The second-order valence-corrected chi connectivity index (χ2v) is 23.5. The Morgan fingerprint density at radius 3 is 0.923 bits per heavy atom. The SMILES string of the molecule is Cc1ccc(NC(=O)OCCCCCC(=O)OCCCCCC(=O)OCC(C)(C)COC(=O)CCCCCOC(=O)CCCCCOC(=O)Nc2ccc(C)c(NC(=O)C(C(=O)OC(C)C)C(=O)OC(C)C)c2)cc1NC(=O)C(C(=O)OC(C)C)C(=O)OC(C)C. The number of carbonyl (C=O) groups is 12. The molecule has 0 heterocycles. The van der Waals surface area contributed by atoms with Gasteiger partial charge >= 0.3 is 59.9 Å². The summed E-state index contributed by atoms with van der Waals surface area (Å²) in [6.45, 7) is 20.3. The van der Waals surface area contributed by atoms with Gasteiger partial charge in [0.2, 0.25) is 23.7 Å². The van der Waals surface area contributed by atoms with Crippen LogP contribution in [0.1, 0.15) is 183 Å². The van der Waals surface area contributed by atoms with Gasteiger partial charge in [0, 0.05) is 53.8 Å². The zero-order valence-corrected chi connectivity index (χ0v) is 55.0. The number of carbonyl (C=O) groups excluding carboxylic acids is 12. The Morgan fingerprint density at radius 1 is 0.363 bits per heavy atom. The molecule has 2 aromatic carbocycles. The first-order valence-electron chi connectivity index (χ1n) is 31.1. The van der Waals surface area contributed by atoms with Crippen molar-refractivity contribution >= 4 is 94.5 Å². The third kappa shape index (κ3) is 35.0. The Kier molecular flexibility index (Phi) is 36.9. The molecule has 26 nitrogen and oxygen atoms in total. The van der Waals surface area contributed by atoms with E-state index in [0.29, 0.717) is 88.2 Å². The zero-order valence-electron chi connectivity index (χ0n) is 55.0. The van der Waals surface area contributed by atoms with E-state index in [-0.39, 0.29) is 100 Å². The van der Waals surface area contributed by atoms with Crippen LogP contribution in [0.4, 0.5) is 32.3 Å². The van der Waals surface area contributed by atoms with Gasteiger partial charge in [-0.1, -0.05) is 26.0 Å². The van der Waals surface area contributed by atoms with Crippen LogP contribution in [-0.4, -0.2) is 136 Å². The lowest BCUT2D eigenvalue weighted by Crippen LogP contribution is -2.40. The second kappa shape index (κ2) is 42.6. The van der Waals surface area contributed by atoms with Crippen LogP contribution < -0.4 is 21.3 Å². The van der Waals surface area contributed by atoms with E-state index in [4.69, 9.17) is 47.4 Å². The van der Waals surface area contributed by atoms with Crippen LogP contribution in [0, 0.1) is 31.1 Å². The predicted molar refractivity (Wildman–Crippen MR) is 333 cm³/mol. The fraction of sp³-hybridized carbons (Fsp3) is 0.631. The van der Waals surface area contributed by atoms with E-state index in [9.17, 15) is 57.5 Å². The number of nitrogens with one attached hydrogen (secondary N) is 4. The van der Waals surface area contributed by atoms with Crippen LogP contribution in [-0.2, 0) is 95.3 Å². The van der Waals surface area contributed by atoms with E-state index in [1.807, 2.05) is 13.8 Å². The first-order chi connectivity index (χ1) is 43.0. The van der Waals surface area contributed by atoms with Gasteiger partial charge in [0.15, 0.2) is 0 Å². The van der Waals surface area contributed by atoms with Crippen molar-refractivity contribution in [1.82, 2.24) is 0 Å². The van der Waals surface area contributed by atoms with Crippen molar-refractivity contribution in [3.8, 4) is 0 Å². The lowest BCUT2D eigenvalue weighted by Gasteiger charge is -2.23. The lowest BCUT2D eigenvalue weighted by atomic mass is 9.96. The highest BCUT2D eigenvalue weighted by Crippen LogP contribution is 2.25. The number of aryl methyl sites for hydroxylation is 2. The van der Waals surface area contributed by atoms with Crippen molar-refractivity contribution in [2.75, 3.05) is 60.9 Å². The molecule has 0 fully saturated rings. The van der Waals surface area contributed by atoms with Crippen LogP contribution in [0.15, 0.2) is 36.4 Å². The summed E-state index contributed by atoms with van der Waals surface area (Å²) < 4.78 is 52.5. The highest BCUT2D eigenvalue weighted by atomic mass is 16.6. The van der Waals surface area contributed by atoms with Gasteiger partial charge in [-0.3, -0.25) is 58.6 Å². The van der Waals surface area contributed by atoms with E-state index in [0.717, 1.165) is 0 Å². The number of benzene rings is 2. The van der Waals surface area contributed by atoms with Crippen molar-refractivity contribution in [3.05, 3.63) is 47.5 Å². The minimum absolute atomic E-state index is 0.0530. The fourth-order valence-electron chi connectivity index (χ4n) is 7.99. The number of esters is 8. The maximum absolute atomic E-state index is 13.1. The minimum atomic E-state index is -1.86. The van der Waals surface area contributed by atoms with E-state index in [2.05, 4.69) is 21.3 Å². The summed E-state index contributed by atoms with van der Waals surface area (Å²) in [6.07, 6.45) is 3.56. The molecule has 2 aromatic rings. The molecular weight excluding hydrogens is 1190 g/mol. The molecule has 4 N–H and O–H groups in total. The molecule has 508 valence electrons. The minimum Gasteiger partial charge on any atom is -0.466 e. The molecule has 0 aromatic heterocycles. The number of hydrogen-bond donors (Lipinski definition) is 4. The maximum Gasteiger partial charge on any atom is 0.411 e.